The number of carbonyl (C=O) groups is 1. The number of rotatable bonds is 7. The first kappa shape index (κ1) is 22.0. The minimum atomic E-state index is -0.489. The van der Waals surface area contributed by atoms with Gasteiger partial charge in [0.1, 0.15) is 5.82 Å². The summed E-state index contributed by atoms with van der Waals surface area (Å²) in [5.41, 5.74) is 1.38. The van der Waals surface area contributed by atoms with E-state index in [2.05, 4.69) is 25.3 Å². The molecule has 1 saturated heterocycles. The van der Waals surface area contributed by atoms with Crippen molar-refractivity contribution in [2.45, 2.75) is 18.6 Å². The monoisotopic (exact) mass is 457 g/mol. The summed E-state index contributed by atoms with van der Waals surface area (Å²) in [5.74, 6) is 0.461. The number of carbonyl (C=O) groups excluding carboxylic acids is 1. The van der Waals surface area contributed by atoms with Crippen molar-refractivity contribution in [2.24, 2.45) is 0 Å². The highest BCUT2D eigenvalue weighted by Gasteiger charge is 2.20. The minimum Gasteiger partial charge on any atom is -0.378 e. The molecule has 1 fully saturated rings. The molecule has 0 atom stereocenters. The van der Waals surface area contributed by atoms with E-state index in [0.717, 1.165) is 24.3 Å². The van der Waals surface area contributed by atoms with Crippen molar-refractivity contribution in [3.05, 3.63) is 45.6 Å². The Labute approximate surface area is 188 Å². The number of anilines is 1. The first-order valence-electron chi connectivity index (χ1n) is 10.1. The molecule has 0 saturated carbocycles. The molecule has 11 nitrogen and oxygen atoms in total. The number of hydrogen-bond acceptors (Lipinski definition) is 9. The van der Waals surface area contributed by atoms with Gasteiger partial charge >= 0.3 is 0 Å². The van der Waals surface area contributed by atoms with Crippen LogP contribution < -0.4 is 10.2 Å². The molecule has 168 valence electrons. The minimum absolute atomic E-state index is 0.0762. The molecule has 1 N–H and O–H groups in total. The Hall–Kier alpha value is -3.25. The molecule has 1 amide bonds. The van der Waals surface area contributed by atoms with E-state index in [-0.39, 0.29) is 17.2 Å². The van der Waals surface area contributed by atoms with Gasteiger partial charge in [-0.05, 0) is 19.2 Å². The van der Waals surface area contributed by atoms with Crippen molar-refractivity contribution in [1.82, 2.24) is 25.1 Å². The van der Waals surface area contributed by atoms with Crippen molar-refractivity contribution in [3.63, 3.8) is 0 Å². The predicted molar refractivity (Wildman–Crippen MR) is 120 cm³/mol. The Kier molecular flexibility index (Phi) is 6.51. The Bertz CT molecular complexity index is 1160. The maximum Gasteiger partial charge on any atom is 0.273 e. The first-order valence-corrected chi connectivity index (χ1v) is 11.3. The summed E-state index contributed by atoms with van der Waals surface area (Å²) < 4.78 is 7.18. The number of nitrogens with one attached hydrogen (secondary N) is 1. The second kappa shape index (κ2) is 9.49. The van der Waals surface area contributed by atoms with Crippen molar-refractivity contribution < 1.29 is 14.5 Å². The summed E-state index contributed by atoms with van der Waals surface area (Å²) in [6.45, 7) is 5.14. The van der Waals surface area contributed by atoms with Crippen molar-refractivity contribution in [2.75, 3.05) is 44.0 Å². The topological polar surface area (TPSA) is 128 Å². The van der Waals surface area contributed by atoms with E-state index in [4.69, 9.17) is 4.74 Å². The molecule has 3 aromatic rings. The molecule has 1 aromatic carbocycles. The van der Waals surface area contributed by atoms with E-state index in [9.17, 15) is 14.9 Å². The molecule has 0 unspecified atom stereocenters. The molecule has 0 radical (unpaired) electrons. The van der Waals surface area contributed by atoms with Gasteiger partial charge in [0.2, 0.25) is 0 Å². The van der Waals surface area contributed by atoms with Crippen LogP contribution in [0.5, 0.6) is 0 Å². The van der Waals surface area contributed by atoms with Gasteiger partial charge in [-0.3, -0.25) is 14.9 Å². The van der Waals surface area contributed by atoms with Crippen LogP contribution in [-0.2, 0) is 11.3 Å². The van der Waals surface area contributed by atoms with Crippen LogP contribution in [0.1, 0.15) is 15.9 Å². The van der Waals surface area contributed by atoms with Crippen LogP contribution in [0, 0.1) is 17.0 Å². The van der Waals surface area contributed by atoms with Gasteiger partial charge in [-0.15, -0.1) is 0 Å². The number of morpholine rings is 1. The highest BCUT2D eigenvalue weighted by Crippen LogP contribution is 2.27. The number of nitro groups is 1. The Morgan fingerprint density at radius 3 is 2.81 bits per heavy atom. The number of aryl methyl sites for hydroxylation is 1. The van der Waals surface area contributed by atoms with Crippen LogP contribution in [0.4, 0.5) is 11.5 Å². The predicted octanol–water partition coefficient (Wildman–Crippen LogP) is 2.03. The summed E-state index contributed by atoms with van der Waals surface area (Å²) in [5, 5.41) is 19.9. The Morgan fingerprint density at radius 2 is 2.09 bits per heavy atom. The van der Waals surface area contributed by atoms with Gasteiger partial charge in [0, 0.05) is 36.8 Å². The van der Waals surface area contributed by atoms with Gasteiger partial charge in [0.15, 0.2) is 10.8 Å². The number of nitro benzene ring substituents is 1. The van der Waals surface area contributed by atoms with Crippen molar-refractivity contribution >= 4 is 40.2 Å². The highest BCUT2D eigenvalue weighted by atomic mass is 32.2. The second-order valence-electron chi connectivity index (χ2n) is 7.25. The van der Waals surface area contributed by atoms with Crippen LogP contribution in [0.15, 0.2) is 29.6 Å². The van der Waals surface area contributed by atoms with Crippen LogP contribution in [0.25, 0.3) is 11.0 Å². The van der Waals surface area contributed by atoms with Gasteiger partial charge in [0.05, 0.1) is 36.3 Å². The third-order valence-corrected chi connectivity index (χ3v) is 5.77. The van der Waals surface area contributed by atoms with Crippen molar-refractivity contribution in [3.8, 4) is 0 Å². The van der Waals surface area contributed by atoms with Crippen LogP contribution >= 0.6 is 11.8 Å². The zero-order valence-corrected chi connectivity index (χ0v) is 18.6. The fraction of sp³-hybridized carbons (Fsp3) is 0.400. The van der Waals surface area contributed by atoms with Gasteiger partial charge in [0.25, 0.3) is 11.6 Å². The van der Waals surface area contributed by atoms with Gasteiger partial charge in [-0.1, -0.05) is 17.8 Å². The number of nitrogens with zero attached hydrogens (tertiary/aromatic N) is 6. The Morgan fingerprint density at radius 1 is 1.31 bits per heavy atom. The molecule has 0 spiro atoms. The lowest BCUT2D eigenvalue weighted by Gasteiger charge is -2.28. The lowest BCUT2D eigenvalue weighted by Crippen LogP contribution is -2.37. The molecular weight excluding hydrogens is 434 g/mol. The molecule has 32 heavy (non-hydrogen) atoms. The molecular formula is C20H23N7O4S. The molecule has 0 bridgehead atoms. The lowest BCUT2D eigenvalue weighted by molar-refractivity contribution is -0.385. The first-order chi connectivity index (χ1) is 15.5. The quantitative estimate of drug-likeness (QED) is 0.245. The van der Waals surface area contributed by atoms with Crippen LogP contribution in [0.3, 0.4) is 0 Å². The second-order valence-corrected chi connectivity index (χ2v) is 8.03. The molecule has 0 aliphatic carbocycles. The number of hydrogen-bond donors (Lipinski definition) is 1. The fourth-order valence-corrected chi connectivity index (χ4v) is 3.87. The summed E-state index contributed by atoms with van der Waals surface area (Å²) >= 11 is 1.46. The summed E-state index contributed by atoms with van der Waals surface area (Å²) in [7, 11) is 0. The summed E-state index contributed by atoms with van der Waals surface area (Å²) in [4.78, 5) is 34.6. The summed E-state index contributed by atoms with van der Waals surface area (Å²) in [6.07, 6.45) is 3.67. The molecule has 4 rings (SSSR count). The average molecular weight is 458 g/mol. The largest absolute Gasteiger partial charge is 0.378 e. The zero-order chi connectivity index (χ0) is 22.7. The molecule has 3 heterocycles. The van der Waals surface area contributed by atoms with E-state index in [0.29, 0.717) is 42.7 Å². The molecule has 1 aliphatic rings. The number of ether oxygens (including phenoxy) is 1. The number of fused-ring (bicyclic) bond motifs is 1. The number of benzene rings is 1. The fourth-order valence-electron chi connectivity index (χ4n) is 3.52. The number of aromatic nitrogens is 4. The smallest absolute Gasteiger partial charge is 0.273 e. The standard InChI is InChI=1S/C20H23N7O4S/c1-13-3-4-14(11-16(13)27(29)30)19(28)21-5-6-26-18-15(12-22-26)17(23-20(24-18)32-2)25-7-9-31-10-8-25/h3-4,11-12H,5-10H2,1-2H3,(H,21,28). The van der Waals surface area contributed by atoms with Gasteiger partial charge in [-0.25, -0.2) is 14.6 Å². The molecule has 2 aromatic heterocycles. The lowest BCUT2D eigenvalue weighted by atomic mass is 10.1. The van der Waals surface area contributed by atoms with E-state index < -0.39 is 4.92 Å². The van der Waals surface area contributed by atoms with Crippen LogP contribution in [0.2, 0.25) is 0 Å². The van der Waals surface area contributed by atoms with E-state index in [1.54, 1.807) is 29.9 Å². The zero-order valence-electron chi connectivity index (χ0n) is 17.8. The molecule has 1 aliphatic heterocycles. The maximum absolute atomic E-state index is 12.5. The van der Waals surface area contributed by atoms with Gasteiger partial charge < -0.3 is 15.0 Å². The van der Waals surface area contributed by atoms with Crippen LogP contribution in [-0.4, -0.2) is 69.7 Å². The average Bonchev–Trinajstić information content (AvgIpc) is 3.21. The third kappa shape index (κ3) is 4.50. The van der Waals surface area contributed by atoms with E-state index in [1.165, 1.54) is 17.8 Å². The van der Waals surface area contributed by atoms with Crippen molar-refractivity contribution in [1.29, 1.82) is 0 Å². The Balaban J connectivity index is 1.49. The SMILES string of the molecule is CSc1nc(N2CCOCC2)c2cnn(CCNC(=O)c3ccc(C)c([N+](=O)[O-])c3)c2n1. The third-order valence-electron chi connectivity index (χ3n) is 5.23. The van der Waals surface area contributed by atoms with E-state index in [1.807, 2.05) is 6.26 Å². The number of amides is 1. The molecule has 12 heteroatoms. The maximum atomic E-state index is 12.5. The number of thioether (sulfide) groups is 1. The van der Waals surface area contributed by atoms with Gasteiger partial charge in [-0.2, -0.15) is 5.10 Å². The van der Waals surface area contributed by atoms with E-state index >= 15 is 0 Å². The highest BCUT2D eigenvalue weighted by molar-refractivity contribution is 7.98. The summed E-state index contributed by atoms with van der Waals surface area (Å²) in [6, 6.07) is 4.44. The normalized spacial score (nSPS) is 14.0.